The van der Waals surface area contributed by atoms with Gasteiger partial charge in [0.1, 0.15) is 0 Å². The number of piperidine rings is 1. The lowest BCUT2D eigenvalue weighted by Crippen LogP contribution is -2.30. The lowest BCUT2D eigenvalue weighted by atomic mass is 10.1. The molecule has 0 aromatic carbocycles. The van der Waals surface area contributed by atoms with Crippen LogP contribution in [0, 0.1) is 6.92 Å². The van der Waals surface area contributed by atoms with Crippen molar-refractivity contribution in [2.24, 2.45) is 0 Å². The topological polar surface area (TPSA) is 58.1 Å². The standard InChI is InChI=1S/C16H20N4OS/c1-12-18-13(11-22-12)9-16(21)19-14-10-17-6-5-15(14)20-7-3-2-4-8-20/h5-6,10-11H,2-4,7-9H2,1H3,(H,19,21). The van der Waals surface area contributed by atoms with Crippen LogP contribution in [0.1, 0.15) is 30.0 Å². The normalized spacial score (nSPS) is 14.9. The van der Waals surface area contributed by atoms with Gasteiger partial charge in [-0.25, -0.2) is 4.98 Å². The molecule has 3 heterocycles. The molecule has 0 aliphatic carbocycles. The highest BCUT2D eigenvalue weighted by Crippen LogP contribution is 2.27. The van der Waals surface area contributed by atoms with E-state index in [1.807, 2.05) is 18.4 Å². The number of carbonyl (C=O) groups is 1. The number of thiazole rings is 1. The van der Waals surface area contributed by atoms with Crippen LogP contribution < -0.4 is 10.2 Å². The summed E-state index contributed by atoms with van der Waals surface area (Å²) in [7, 11) is 0. The van der Waals surface area contributed by atoms with Gasteiger partial charge in [-0.1, -0.05) is 0 Å². The van der Waals surface area contributed by atoms with Crippen molar-refractivity contribution < 1.29 is 4.79 Å². The highest BCUT2D eigenvalue weighted by atomic mass is 32.1. The third-order valence-corrected chi connectivity index (χ3v) is 4.60. The first-order valence-electron chi connectivity index (χ1n) is 7.62. The monoisotopic (exact) mass is 316 g/mol. The average molecular weight is 316 g/mol. The van der Waals surface area contributed by atoms with E-state index < -0.39 is 0 Å². The molecule has 116 valence electrons. The minimum absolute atomic E-state index is 0.0449. The first kappa shape index (κ1) is 15.0. The summed E-state index contributed by atoms with van der Waals surface area (Å²) in [6.45, 7) is 4.03. The summed E-state index contributed by atoms with van der Waals surface area (Å²) in [6, 6.07) is 1.98. The summed E-state index contributed by atoms with van der Waals surface area (Å²) in [5.74, 6) is -0.0449. The van der Waals surface area contributed by atoms with Crippen molar-refractivity contribution in [3.8, 4) is 0 Å². The zero-order chi connectivity index (χ0) is 15.4. The van der Waals surface area contributed by atoms with Gasteiger partial charge in [0.2, 0.25) is 5.91 Å². The van der Waals surface area contributed by atoms with Gasteiger partial charge in [-0.2, -0.15) is 0 Å². The summed E-state index contributed by atoms with van der Waals surface area (Å²) >= 11 is 1.57. The van der Waals surface area contributed by atoms with Crippen molar-refractivity contribution in [1.29, 1.82) is 0 Å². The Kier molecular flexibility index (Phi) is 4.68. The van der Waals surface area contributed by atoms with E-state index in [9.17, 15) is 4.79 Å². The van der Waals surface area contributed by atoms with Gasteiger partial charge in [-0.3, -0.25) is 9.78 Å². The van der Waals surface area contributed by atoms with Crippen molar-refractivity contribution >= 4 is 28.6 Å². The number of anilines is 2. The highest BCUT2D eigenvalue weighted by Gasteiger charge is 2.16. The van der Waals surface area contributed by atoms with Crippen molar-refractivity contribution in [3.63, 3.8) is 0 Å². The first-order chi connectivity index (χ1) is 10.7. The molecular weight excluding hydrogens is 296 g/mol. The Labute approximate surface area is 134 Å². The predicted octanol–water partition coefficient (Wildman–Crippen LogP) is 3.02. The van der Waals surface area contributed by atoms with Crippen LogP contribution in [0.4, 0.5) is 11.4 Å². The molecule has 0 unspecified atom stereocenters. The maximum Gasteiger partial charge on any atom is 0.230 e. The molecule has 1 aliphatic rings. The van der Waals surface area contributed by atoms with E-state index in [4.69, 9.17) is 0 Å². The van der Waals surface area contributed by atoms with Gasteiger partial charge in [0.25, 0.3) is 0 Å². The number of nitrogens with zero attached hydrogens (tertiary/aromatic N) is 3. The first-order valence-corrected chi connectivity index (χ1v) is 8.50. The lowest BCUT2D eigenvalue weighted by Gasteiger charge is -2.30. The quantitative estimate of drug-likeness (QED) is 0.942. The summed E-state index contributed by atoms with van der Waals surface area (Å²) in [6.07, 6.45) is 7.50. The van der Waals surface area contributed by atoms with Crippen molar-refractivity contribution in [2.75, 3.05) is 23.3 Å². The van der Waals surface area contributed by atoms with Crippen LogP contribution >= 0.6 is 11.3 Å². The van der Waals surface area contributed by atoms with E-state index in [-0.39, 0.29) is 5.91 Å². The van der Waals surface area contributed by atoms with Crippen LogP contribution in [-0.2, 0) is 11.2 Å². The Balaban J connectivity index is 1.70. The Hall–Kier alpha value is -1.95. The number of amides is 1. The predicted molar refractivity (Wildman–Crippen MR) is 89.5 cm³/mol. The zero-order valence-electron chi connectivity index (χ0n) is 12.7. The van der Waals surface area contributed by atoms with Crippen LogP contribution in [0.5, 0.6) is 0 Å². The summed E-state index contributed by atoms with van der Waals surface area (Å²) in [4.78, 5) is 23.0. The van der Waals surface area contributed by atoms with E-state index in [1.54, 1.807) is 23.7 Å². The maximum atomic E-state index is 12.2. The summed E-state index contributed by atoms with van der Waals surface area (Å²) in [5.41, 5.74) is 2.68. The number of hydrogen-bond acceptors (Lipinski definition) is 5. The summed E-state index contributed by atoms with van der Waals surface area (Å²) in [5, 5.41) is 5.91. The Morgan fingerprint density at radius 3 is 2.91 bits per heavy atom. The maximum absolute atomic E-state index is 12.2. The van der Waals surface area contributed by atoms with Gasteiger partial charge in [0.05, 0.1) is 34.7 Å². The zero-order valence-corrected chi connectivity index (χ0v) is 13.5. The molecule has 1 amide bonds. The largest absolute Gasteiger partial charge is 0.370 e. The Morgan fingerprint density at radius 1 is 1.36 bits per heavy atom. The molecule has 2 aromatic rings. The number of carbonyl (C=O) groups excluding carboxylic acids is 1. The minimum atomic E-state index is -0.0449. The van der Waals surface area contributed by atoms with Crippen molar-refractivity contribution in [1.82, 2.24) is 9.97 Å². The molecule has 2 aromatic heterocycles. The second-order valence-corrected chi connectivity index (χ2v) is 6.59. The van der Waals surface area contributed by atoms with Crippen LogP contribution in [0.3, 0.4) is 0 Å². The molecule has 0 bridgehead atoms. The Bertz CT molecular complexity index is 649. The molecule has 0 radical (unpaired) electrons. The lowest BCUT2D eigenvalue weighted by molar-refractivity contribution is -0.115. The average Bonchev–Trinajstić information content (AvgIpc) is 2.93. The SMILES string of the molecule is Cc1nc(CC(=O)Nc2cnccc2N2CCCCC2)cs1. The van der Waals surface area contributed by atoms with E-state index in [2.05, 4.69) is 20.2 Å². The number of pyridine rings is 1. The molecule has 6 heteroatoms. The minimum Gasteiger partial charge on any atom is -0.370 e. The van der Waals surface area contributed by atoms with Gasteiger partial charge >= 0.3 is 0 Å². The van der Waals surface area contributed by atoms with Gasteiger partial charge < -0.3 is 10.2 Å². The number of nitrogens with one attached hydrogen (secondary N) is 1. The van der Waals surface area contributed by atoms with E-state index in [1.165, 1.54) is 19.3 Å². The van der Waals surface area contributed by atoms with Crippen molar-refractivity contribution in [3.05, 3.63) is 34.5 Å². The van der Waals surface area contributed by atoms with E-state index in [0.29, 0.717) is 6.42 Å². The molecule has 3 rings (SSSR count). The molecule has 5 nitrogen and oxygen atoms in total. The Morgan fingerprint density at radius 2 is 2.18 bits per heavy atom. The molecule has 1 N–H and O–H groups in total. The third kappa shape index (κ3) is 3.62. The molecule has 1 fully saturated rings. The molecular formula is C16H20N4OS. The van der Waals surface area contributed by atoms with Crippen LogP contribution in [0.15, 0.2) is 23.8 Å². The van der Waals surface area contributed by atoms with Crippen LogP contribution in [0.2, 0.25) is 0 Å². The molecule has 0 spiro atoms. The number of aromatic nitrogens is 2. The van der Waals surface area contributed by atoms with E-state index in [0.717, 1.165) is 35.2 Å². The fourth-order valence-electron chi connectivity index (χ4n) is 2.74. The van der Waals surface area contributed by atoms with Gasteiger partial charge in [-0.15, -0.1) is 11.3 Å². The molecule has 22 heavy (non-hydrogen) atoms. The number of rotatable bonds is 4. The molecule has 0 atom stereocenters. The highest BCUT2D eigenvalue weighted by molar-refractivity contribution is 7.09. The van der Waals surface area contributed by atoms with Gasteiger partial charge in [0.15, 0.2) is 0 Å². The fourth-order valence-corrected chi connectivity index (χ4v) is 3.35. The van der Waals surface area contributed by atoms with Crippen LogP contribution in [0.25, 0.3) is 0 Å². The molecule has 1 saturated heterocycles. The van der Waals surface area contributed by atoms with Gasteiger partial charge in [0, 0.05) is 24.7 Å². The number of hydrogen-bond donors (Lipinski definition) is 1. The van der Waals surface area contributed by atoms with Gasteiger partial charge in [-0.05, 0) is 32.3 Å². The molecule has 0 saturated carbocycles. The number of aryl methyl sites for hydroxylation is 1. The smallest absolute Gasteiger partial charge is 0.230 e. The second kappa shape index (κ2) is 6.87. The second-order valence-electron chi connectivity index (χ2n) is 5.52. The molecule has 1 aliphatic heterocycles. The summed E-state index contributed by atoms with van der Waals surface area (Å²) < 4.78 is 0. The van der Waals surface area contributed by atoms with E-state index >= 15 is 0 Å². The fraction of sp³-hybridized carbons (Fsp3) is 0.438. The van der Waals surface area contributed by atoms with Crippen molar-refractivity contribution in [2.45, 2.75) is 32.6 Å². The van der Waals surface area contributed by atoms with Crippen LogP contribution in [-0.4, -0.2) is 29.0 Å². The third-order valence-electron chi connectivity index (χ3n) is 3.78.